The van der Waals surface area contributed by atoms with Crippen molar-refractivity contribution in [1.82, 2.24) is 0 Å². The van der Waals surface area contributed by atoms with Gasteiger partial charge in [-0.3, -0.25) is 4.28 Å². The Balaban J connectivity index is 3.19. The minimum atomic E-state index is -4.93. The molecule has 0 N–H and O–H groups in total. The van der Waals surface area contributed by atoms with Crippen LogP contribution in [0.15, 0.2) is 29.4 Å². The Labute approximate surface area is 158 Å². The summed E-state index contributed by atoms with van der Waals surface area (Å²) in [6.45, 7) is 1.95. The van der Waals surface area contributed by atoms with E-state index >= 15 is 0 Å². The van der Waals surface area contributed by atoms with Crippen LogP contribution in [0.5, 0.6) is 5.75 Å². The Kier molecular flexibility index (Phi) is 8.15. The summed E-state index contributed by atoms with van der Waals surface area (Å²) in [6, 6.07) is 4.88. The maximum atomic E-state index is 14.4. The molecule has 0 unspecified atom stereocenters. The largest absolute Gasteiger partial charge is 0.497 e. The molecule has 0 atom stereocenters. The fourth-order valence-corrected chi connectivity index (χ4v) is 3.36. The van der Waals surface area contributed by atoms with Crippen LogP contribution in [0.1, 0.15) is 38.2 Å². The number of unbranched alkanes of at least 4 members (excludes halogenated alkanes) is 3. The van der Waals surface area contributed by atoms with Crippen LogP contribution in [0.3, 0.4) is 0 Å². The van der Waals surface area contributed by atoms with Gasteiger partial charge in [-0.15, -0.1) is 0 Å². The SMILES string of the molecule is CCCCCCS(=O)(=O)ON=C(c1ccc(OC)cc1)C(F)(F)S(C)(=O)=O. The van der Waals surface area contributed by atoms with Gasteiger partial charge in [0.15, 0.2) is 5.71 Å². The first-order valence-corrected chi connectivity index (χ1v) is 11.6. The van der Waals surface area contributed by atoms with Crippen molar-refractivity contribution < 1.29 is 34.6 Å². The molecule has 11 heteroatoms. The molecule has 0 spiro atoms. The molecule has 0 aromatic heterocycles. The van der Waals surface area contributed by atoms with E-state index < -0.39 is 36.7 Å². The van der Waals surface area contributed by atoms with Gasteiger partial charge in [0.05, 0.1) is 12.9 Å². The summed E-state index contributed by atoms with van der Waals surface area (Å²) in [5.41, 5.74) is -1.63. The quantitative estimate of drug-likeness (QED) is 0.306. The van der Waals surface area contributed by atoms with Crippen LogP contribution in [0.4, 0.5) is 8.78 Å². The molecule has 0 bridgehead atoms. The van der Waals surface area contributed by atoms with Gasteiger partial charge in [0.25, 0.3) is 0 Å². The van der Waals surface area contributed by atoms with Crippen LogP contribution in [-0.2, 0) is 24.2 Å². The van der Waals surface area contributed by atoms with Crippen molar-refractivity contribution in [1.29, 1.82) is 0 Å². The first-order chi connectivity index (χ1) is 12.4. The number of methoxy groups -OCH3 is 1. The fraction of sp³-hybridized carbons (Fsp3) is 0.562. The molecular weight excluding hydrogens is 404 g/mol. The van der Waals surface area contributed by atoms with Gasteiger partial charge >= 0.3 is 15.4 Å². The third kappa shape index (κ3) is 6.73. The third-order valence-electron chi connectivity index (χ3n) is 3.59. The molecule has 27 heavy (non-hydrogen) atoms. The molecule has 1 rings (SSSR count). The lowest BCUT2D eigenvalue weighted by Crippen LogP contribution is -2.38. The van der Waals surface area contributed by atoms with Crippen molar-refractivity contribution in [2.75, 3.05) is 19.1 Å². The van der Waals surface area contributed by atoms with Crippen molar-refractivity contribution in [2.45, 2.75) is 37.9 Å². The number of ether oxygens (including phenoxy) is 1. The van der Waals surface area contributed by atoms with Gasteiger partial charge in [-0.2, -0.15) is 17.2 Å². The van der Waals surface area contributed by atoms with Crippen LogP contribution in [0.2, 0.25) is 0 Å². The molecule has 0 amide bonds. The highest BCUT2D eigenvalue weighted by molar-refractivity contribution is 7.92. The zero-order valence-corrected chi connectivity index (χ0v) is 16.9. The van der Waals surface area contributed by atoms with Crippen LogP contribution in [-0.4, -0.2) is 46.9 Å². The lowest BCUT2D eigenvalue weighted by molar-refractivity contribution is 0.165. The van der Waals surface area contributed by atoms with Gasteiger partial charge in [0.1, 0.15) is 5.75 Å². The minimum absolute atomic E-state index is 0.284. The standard InChI is InChI=1S/C16H23F2NO6S2/c1-4-5-6-7-12-27(22,23)25-19-15(16(17,18)26(3,20)21)13-8-10-14(24-2)11-9-13/h8-11H,4-7,12H2,1-3H3. The second-order valence-electron chi connectivity index (χ2n) is 5.85. The summed E-state index contributed by atoms with van der Waals surface area (Å²) >= 11 is 0. The summed E-state index contributed by atoms with van der Waals surface area (Å²) in [7, 11) is -7.79. The van der Waals surface area contributed by atoms with E-state index in [9.17, 15) is 25.6 Å². The van der Waals surface area contributed by atoms with E-state index in [0.29, 0.717) is 18.4 Å². The van der Waals surface area contributed by atoms with E-state index in [1.165, 1.54) is 19.2 Å². The summed E-state index contributed by atoms with van der Waals surface area (Å²) in [5, 5.41) is -1.43. The highest BCUT2D eigenvalue weighted by Gasteiger charge is 2.48. The lowest BCUT2D eigenvalue weighted by Gasteiger charge is -2.17. The molecule has 1 aromatic rings. The molecule has 0 radical (unpaired) electrons. The molecule has 154 valence electrons. The average Bonchev–Trinajstić information content (AvgIpc) is 2.58. The molecule has 0 aliphatic carbocycles. The van der Waals surface area contributed by atoms with E-state index in [1.807, 2.05) is 6.92 Å². The number of oxime groups is 1. The van der Waals surface area contributed by atoms with Gasteiger partial charge < -0.3 is 4.74 Å². The first kappa shape index (κ1) is 23.3. The Morgan fingerprint density at radius 1 is 1.07 bits per heavy atom. The van der Waals surface area contributed by atoms with Gasteiger partial charge in [0.2, 0.25) is 9.84 Å². The van der Waals surface area contributed by atoms with Gasteiger partial charge in [0, 0.05) is 11.8 Å². The van der Waals surface area contributed by atoms with Crippen molar-refractivity contribution >= 4 is 25.7 Å². The van der Waals surface area contributed by atoms with Crippen molar-refractivity contribution in [3.8, 4) is 5.75 Å². The number of rotatable bonds is 11. The topological polar surface area (TPSA) is 99.1 Å². The number of alkyl halides is 2. The van der Waals surface area contributed by atoms with Crippen LogP contribution < -0.4 is 4.74 Å². The summed E-state index contributed by atoms with van der Waals surface area (Å²) < 4.78 is 84.7. The van der Waals surface area contributed by atoms with E-state index in [1.54, 1.807) is 0 Å². The van der Waals surface area contributed by atoms with Gasteiger partial charge in [-0.05, 0) is 30.7 Å². The zero-order valence-electron chi connectivity index (χ0n) is 15.3. The highest BCUT2D eigenvalue weighted by atomic mass is 32.2. The number of hydrogen-bond donors (Lipinski definition) is 0. The second kappa shape index (κ2) is 9.45. The normalized spacial score (nSPS) is 13.4. The van der Waals surface area contributed by atoms with E-state index in [-0.39, 0.29) is 12.0 Å². The molecule has 0 aliphatic rings. The molecule has 1 aromatic carbocycles. The van der Waals surface area contributed by atoms with Crippen molar-refractivity contribution in [2.24, 2.45) is 5.16 Å². The molecule has 0 fully saturated rings. The zero-order chi connectivity index (χ0) is 20.7. The Morgan fingerprint density at radius 2 is 1.67 bits per heavy atom. The maximum Gasteiger partial charge on any atom is 0.390 e. The number of sulfone groups is 1. The Hall–Kier alpha value is -1.75. The third-order valence-corrected chi connectivity index (χ3v) is 5.81. The van der Waals surface area contributed by atoms with E-state index in [0.717, 1.165) is 25.0 Å². The number of benzene rings is 1. The predicted molar refractivity (Wildman–Crippen MR) is 98.3 cm³/mol. The van der Waals surface area contributed by atoms with Crippen molar-refractivity contribution in [3.05, 3.63) is 29.8 Å². The van der Waals surface area contributed by atoms with Gasteiger partial charge in [-0.25, -0.2) is 8.42 Å². The smallest absolute Gasteiger partial charge is 0.390 e. The Bertz CT molecular complexity index is 849. The Morgan fingerprint density at radius 3 is 2.15 bits per heavy atom. The number of nitrogens with zero attached hydrogens (tertiary/aromatic N) is 1. The number of halogens is 2. The first-order valence-electron chi connectivity index (χ1n) is 8.16. The molecule has 7 nitrogen and oxygen atoms in total. The maximum absolute atomic E-state index is 14.4. The lowest BCUT2D eigenvalue weighted by atomic mass is 10.1. The molecule has 0 heterocycles. The minimum Gasteiger partial charge on any atom is -0.497 e. The van der Waals surface area contributed by atoms with E-state index in [4.69, 9.17) is 4.74 Å². The molecule has 0 aliphatic heterocycles. The van der Waals surface area contributed by atoms with Crippen molar-refractivity contribution in [3.63, 3.8) is 0 Å². The predicted octanol–water partition coefficient (Wildman–Crippen LogP) is 2.96. The molecular formula is C16H23F2NO6S2. The average molecular weight is 427 g/mol. The summed E-state index contributed by atoms with van der Waals surface area (Å²) in [5.74, 6) is -0.0677. The second-order valence-corrected chi connectivity index (χ2v) is 9.58. The molecule has 0 saturated carbocycles. The molecule has 0 saturated heterocycles. The summed E-state index contributed by atoms with van der Waals surface area (Å²) in [6.07, 6.45) is 2.95. The number of hydrogen-bond acceptors (Lipinski definition) is 7. The van der Waals surface area contributed by atoms with Gasteiger partial charge in [-0.1, -0.05) is 31.3 Å². The van der Waals surface area contributed by atoms with Crippen LogP contribution in [0, 0.1) is 0 Å². The van der Waals surface area contributed by atoms with Crippen LogP contribution in [0.25, 0.3) is 0 Å². The highest BCUT2D eigenvalue weighted by Crippen LogP contribution is 2.28. The summed E-state index contributed by atoms with van der Waals surface area (Å²) in [4.78, 5) is 0. The monoisotopic (exact) mass is 427 g/mol. The van der Waals surface area contributed by atoms with E-state index in [2.05, 4.69) is 9.44 Å². The van der Waals surface area contributed by atoms with Crippen LogP contribution >= 0.6 is 0 Å². The fourth-order valence-electron chi connectivity index (χ4n) is 2.04.